The van der Waals surface area contributed by atoms with Gasteiger partial charge in [0.1, 0.15) is 11.5 Å². The average molecular weight is 512 g/mol. The van der Waals surface area contributed by atoms with Crippen LogP contribution in [0.15, 0.2) is 24.4 Å². The number of piperidine rings is 1. The Bertz CT molecular complexity index is 1610. The van der Waals surface area contributed by atoms with Gasteiger partial charge in [-0.15, -0.1) is 0 Å². The largest absolute Gasteiger partial charge is 0.390 e. The monoisotopic (exact) mass is 511 g/mol. The molecule has 3 unspecified atom stereocenters. The molecule has 1 amide bonds. The van der Waals surface area contributed by atoms with Crippen molar-refractivity contribution in [3.63, 3.8) is 0 Å². The van der Waals surface area contributed by atoms with Crippen LogP contribution in [0, 0.1) is 44.9 Å². The number of hydrogen-bond acceptors (Lipinski definition) is 6. The fraction of sp³-hybridized carbons (Fsp3) is 0.448. The summed E-state index contributed by atoms with van der Waals surface area (Å²) >= 11 is 0. The topological polar surface area (TPSA) is 114 Å². The fourth-order valence-corrected chi connectivity index (χ4v) is 6.23. The molecule has 0 radical (unpaired) electrons. The summed E-state index contributed by atoms with van der Waals surface area (Å²) in [7, 11) is 0. The van der Waals surface area contributed by atoms with E-state index in [0.29, 0.717) is 31.0 Å². The number of aliphatic hydroxyl groups is 1. The number of rotatable bonds is 3. The fourth-order valence-electron chi connectivity index (χ4n) is 6.23. The summed E-state index contributed by atoms with van der Waals surface area (Å²) in [5.41, 5.74) is 7.44. The van der Waals surface area contributed by atoms with Crippen molar-refractivity contribution < 1.29 is 9.90 Å². The Balaban J connectivity index is 1.35. The van der Waals surface area contributed by atoms with Crippen molar-refractivity contribution in [3.8, 4) is 6.07 Å². The lowest BCUT2D eigenvalue weighted by atomic mass is 9.98. The number of carbonyl (C=O) groups excluding carboxylic acids is 1. The summed E-state index contributed by atoms with van der Waals surface area (Å²) in [5.74, 6) is 0.352. The van der Waals surface area contributed by atoms with Gasteiger partial charge in [0.05, 0.1) is 29.8 Å². The second kappa shape index (κ2) is 9.14. The van der Waals surface area contributed by atoms with Crippen LogP contribution < -0.4 is 4.90 Å². The van der Waals surface area contributed by atoms with E-state index >= 15 is 0 Å². The predicted molar refractivity (Wildman–Crippen MR) is 145 cm³/mol. The molecule has 9 heteroatoms. The van der Waals surface area contributed by atoms with Crippen LogP contribution in [0.1, 0.15) is 63.7 Å². The number of amides is 1. The number of aromatic nitrogens is 4. The van der Waals surface area contributed by atoms with Gasteiger partial charge in [-0.25, -0.2) is 9.50 Å². The Labute approximate surface area is 221 Å². The number of fused-ring (bicyclic) bond motifs is 2. The highest BCUT2D eigenvalue weighted by molar-refractivity contribution is 6.02. The Morgan fingerprint density at radius 2 is 1.92 bits per heavy atom. The van der Waals surface area contributed by atoms with E-state index in [1.807, 2.05) is 35.9 Å². The van der Waals surface area contributed by atoms with Crippen LogP contribution in [-0.2, 0) is 0 Å². The molecule has 0 aliphatic carbocycles. The zero-order valence-electron chi connectivity index (χ0n) is 22.3. The molecule has 38 heavy (non-hydrogen) atoms. The molecule has 2 aliphatic heterocycles. The van der Waals surface area contributed by atoms with Gasteiger partial charge in [0.25, 0.3) is 5.91 Å². The summed E-state index contributed by atoms with van der Waals surface area (Å²) in [4.78, 5) is 26.2. The first-order chi connectivity index (χ1) is 18.3. The van der Waals surface area contributed by atoms with Crippen molar-refractivity contribution in [1.82, 2.24) is 24.5 Å². The van der Waals surface area contributed by atoms with Crippen molar-refractivity contribution in [1.29, 1.82) is 5.26 Å². The van der Waals surface area contributed by atoms with E-state index in [4.69, 9.17) is 10.1 Å². The molecular formula is C29H33N7O2. The highest BCUT2D eigenvalue weighted by Crippen LogP contribution is 2.35. The number of nitriles is 1. The van der Waals surface area contributed by atoms with Gasteiger partial charge in [-0.05, 0) is 63.6 Å². The lowest BCUT2D eigenvalue weighted by Gasteiger charge is -2.34. The smallest absolute Gasteiger partial charge is 0.271 e. The third-order valence-corrected chi connectivity index (χ3v) is 8.32. The summed E-state index contributed by atoms with van der Waals surface area (Å²) in [6.07, 6.45) is 4.11. The predicted octanol–water partition coefficient (Wildman–Crippen LogP) is 4.13. The first-order valence-corrected chi connectivity index (χ1v) is 13.4. The van der Waals surface area contributed by atoms with Crippen LogP contribution in [0.2, 0.25) is 0 Å². The van der Waals surface area contributed by atoms with Crippen molar-refractivity contribution in [2.24, 2.45) is 5.92 Å². The van der Waals surface area contributed by atoms with E-state index in [0.717, 1.165) is 63.9 Å². The Morgan fingerprint density at radius 1 is 1.13 bits per heavy atom. The van der Waals surface area contributed by atoms with Gasteiger partial charge in [0.15, 0.2) is 5.65 Å². The highest BCUT2D eigenvalue weighted by Gasteiger charge is 2.34. The number of carbonyl (C=O) groups is 1. The molecule has 3 aromatic heterocycles. The van der Waals surface area contributed by atoms with E-state index in [-0.39, 0.29) is 11.9 Å². The molecule has 1 aromatic carbocycles. The van der Waals surface area contributed by atoms with E-state index in [2.05, 4.69) is 37.0 Å². The molecule has 0 bridgehead atoms. The molecule has 4 aromatic rings. The van der Waals surface area contributed by atoms with Gasteiger partial charge < -0.3 is 19.9 Å². The number of likely N-dealkylation sites (tertiary alicyclic amines) is 1. The number of aryl methyl sites for hydroxylation is 4. The SMILES string of the molecule is Cc1cn2nc(C3CCCCN3C(=O)c3[nH]c4c(C)ccc(C)c4c3C)cc2nc1N1CC(O)C(C#N)C1. The molecule has 2 saturated heterocycles. The van der Waals surface area contributed by atoms with Crippen molar-refractivity contribution in [3.05, 3.63) is 58.0 Å². The van der Waals surface area contributed by atoms with Gasteiger partial charge >= 0.3 is 0 Å². The normalized spacial score (nSPS) is 21.9. The molecular weight excluding hydrogens is 478 g/mol. The molecule has 0 spiro atoms. The number of nitrogens with zero attached hydrogens (tertiary/aromatic N) is 6. The van der Waals surface area contributed by atoms with Crippen molar-refractivity contribution in [2.75, 3.05) is 24.5 Å². The maximum Gasteiger partial charge on any atom is 0.271 e. The maximum atomic E-state index is 14.0. The highest BCUT2D eigenvalue weighted by atomic mass is 16.3. The minimum absolute atomic E-state index is 0.0117. The standard InChI is InChI=1S/C29H33N7O2/c1-16-8-9-17(2)26-25(16)19(4)27(32-26)29(38)35-10-6-5-7-22(35)21-11-24-31-28(18(3)13-36(24)33-21)34-14-20(12-30)23(37)15-34/h8-9,11,13,20,22-23,32,37H,5-7,10,14-15H2,1-4H3. The first-order valence-electron chi connectivity index (χ1n) is 13.4. The zero-order chi connectivity index (χ0) is 26.7. The number of β-amino-alcohol motifs (C(OH)–C–C–N with tert-alkyl or cyclic N) is 1. The van der Waals surface area contributed by atoms with Gasteiger partial charge in [0.2, 0.25) is 0 Å². The molecule has 2 aliphatic rings. The third kappa shape index (κ3) is 3.82. The number of benzene rings is 1. The minimum Gasteiger partial charge on any atom is -0.390 e. The first kappa shape index (κ1) is 24.4. The van der Waals surface area contributed by atoms with Crippen LogP contribution in [-0.4, -0.2) is 61.2 Å². The quantitative estimate of drug-likeness (QED) is 0.428. The average Bonchev–Trinajstić information content (AvgIpc) is 3.60. The van der Waals surface area contributed by atoms with E-state index < -0.39 is 12.0 Å². The second-order valence-corrected chi connectivity index (χ2v) is 10.9. The summed E-state index contributed by atoms with van der Waals surface area (Å²) in [5, 5.41) is 25.5. The molecule has 6 rings (SSSR count). The van der Waals surface area contributed by atoms with Gasteiger partial charge in [-0.1, -0.05) is 12.1 Å². The molecule has 3 atom stereocenters. The second-order valence-electron chi connectivity index (χ2n) is 10.9. The minimum atomic E-state index is -0.680. The summed E-state index contributed by atoms with van der Waals surface area (Å²) < 4.78 is 1.78. The molecule has 2 fully saturated rings. The Morgan fingerprint density at radius 3 is 2.66 bits per heavy atom. The van der Waals surface area contributed by atoms with Gasteiger partial charge in [-0.2, -0.15) is 10.4 Å². The number of nitrogens with one attached hydrogen (secondary N) is 1. The van der Waals surface area contributed by atoms with Crippen LogP contribution in [0.4, 0.5) is 5.82 Å². The van der Waals surface area contributed by atoms with Gasteiger partial charge in [0, 0.05) is 48.4 Å². The van der Waals surface area contributed by atoms with Crippen LogP contribution in [0.25, 0.3) is 16.6 Å². The number of H-pyrrole nitrogens is 1. The molecule has 196 valence electrons. The lowest BCUT2D eigenvalue weighted by molar-refractivity contribution is 0.0600. The summed E-state index contributed by atoms with van der Waals surface area (Å²) in [6, 6.07) is 8.23. The number of aromatic amines is 1. The molecule has 2 N–H and O–H groups in total. The summed E-state index contributed by atoms with van der Waals surface area (Å²) in [6.45, 7) is 9.68. The van der Waals surface area contributed by atoms with E-state index in [1.54, 1.807) is 4.52 Å². The van der Waals surface area contributed by atoms with E-state index in [9.17, 15) is 15.2 Å². The number of anilines is 1. The molecule has 9 nitrogen and oxygen atoms in total. The van der Waals surface area contributed by atoms with Crippen LogP contribution >= 0.6 is 0 Å². The Kier molecular flexibility index (Phi) is 5.88. The van der Waals surface area contributed by atoms with E-state index in [1.165, 1.54) is 0 Å². The van der Waals surface area contributed by atoms with Gasteiger partial charge in [-0.3, -0.25) is 4.79 Å². The maximum absolute atomic E-state index is 14.0. The van der Waals surface area contributed by atoms with Crippen LogP contribution in [0.5, 0.6) is 0 Å². The van der Waals surface area contributed by atoms with Crippen LogP contribution in [0.3, 0.4) is 0 Å². The number of aliphatic hydroxyl groups excluding tert-OH is 1. The molecule has 5 heterocycles. The zero-order valence-corrected chi connectivity index (χ0v) is 22.3. The third-order valence-electron chi connectivity index (χ3n) is 8.32. The van der Waals surface area contributed by atoms with Crippen molar-refractivity contribution >= 4 is 28.3 Å². The Hall–Kier alpha value is -3.90. The van der Waals surface area contributed by atoms with Crippen molar-refractivity contribution in [2.45, 2.75) is 59.1 Å². The molecule has 0 saturated carbocycles. The number of hydrogen-bond donors (Lipinski definition) is 2. The lowest BCUT2D eigenvalue weighted by Crippen LogP contribution is -2.39.